The second-order valence-corrected chi connectivity index (χ2v) is 8.31. The number of unbranched alkanes of at least 4 members (excludes halogenated alkanes) is 1. The normalized spacial score (nSPS) is 20.2. The van der Waals surface area contributed by atoms with Crippen molar-refractivity contribution >= 4 is 16.9 Å². The van der Waals surface area contributed by atoms with Gasteiger partial charge in [-0.3, -0.25) is 4.90 Å². The summed E-state index contributed by atoms with van der Waals surface area (Å²) in [7, 11) is 0. The summed E-state index contributed by atoms with van der Waals surface area (Å²) in [6.07, 6.45) is 17.3. The zero-order chi connectivity index (χ0) is 20.1. The number of hydrogen-bond acceptors (Lipinski definition) is 5. The molecule has 1 fully saturated rings. The van der Waals surface area contributed by atoms with Crippen LogP contribution in [0.15, 0.2) is 30.0 Å². The van der Waals surface area contributed by atoms with Crippen molar-refractivity contribution in [1.29, 1.82) is 0 Å². The fraction of sp³-hybridized carbons (Fsp3) is 0.565. The summed E-state index contributed by atoms with van der Waals surface area (Å²) >= 11 is 0. The number of allylic oxidation sites excluding steroid dienone is 2. The first-order valence-corrected chi connectivity index (χ1v) is 11.1. The van der Waals surface area contributed by atoms with Gasteiger partial charge in [-0.2, -0.15) is 9.97 Å². The Balaban J connectivity index is 1.40. The fourth-order valence-corrected chi connectivity index (χ4v) is 4.22. The standard InChI is InChI=1S/C23H33N5O/c1-2-3-13-29-23-26-20-19(15-25-21(20)22(24)27-23)14-17-7-9-18(10-8-17)16-28-11-5-4-6-12-28/h7,9-10,15,17,25H,2-6,8,11-14,16H2,1H3,(H2,24,26,27). The Morgan fingerprint density at radius 2 is 2.10 bits per heavy atom. The minimum Gasteiger partial charge on any atom is -0.463 e. The lowest BCUT2D eigenvalue weighted by molar-refractivity contribution is 0.247. The number of anilines is 1. The summed E-state index contributed by atoms with van der Waals surface area (Å²) in [6.45, 7) is 6.34. The van der Waals surface area contributed by atoms with Crippen LogP contribution in [-0.4, -0.2) is 46.1 Å². The zero-order valence-corrected chi connectivity index (χ0v) is 17.5. The molecule has 1 aliphatic heterocycles. The van der Waals surface area contributed by atoms with Crippen LogP contribution in [0.25, 0.3) is 11.0 Å². The van der Waals surface area contributed by atoms with E-state index < -0.39 is 0 Å². The number of nitrogens with two attached hydrogens (primary N) is 1. The van der Waals surface area contributed by atoms with Crippen LogP contribution in [0.2, 0.25) is 0 Å². The maximum absolute atomic E-state index is 6.12. The number of piperidine rings is 1. The smallest absolute Gasteiger partial charge is 0.319 e. The van der Waals surface area contributed by atoms with E-state index in [0.717, 1.165) is 43.3 Å². The van der Waals surface area contributed by atoms with Crippen molar-refractivity contribution in [2.45, 2.75) is 51.9 Å². The van der Waals surface area contributed by atoms with Gasteiger partial charge in [0.1, 0.15) is 11.0 Å². The lowest BCUT2D eigenvalue weighted by atomic mass is 9.91. The number of aromatic amines is 1. The molecule has 1 saturated heterocycles. The number of likely N-dealkylation sites (tertiary alicyclic amines) is 1. The molecule has 0 radical (unpaired) electrons. The molecule has 0 spiro atoms. The second-order valence-electron chi connectivity index (χ2n) is 8.31. The molecule has 0 aromatic carbocycles. The molecule has 3 heterocycles. The van der Waals surface area contributed by atoms with Crippen LogP contribution in [0.3, 0.4) is 0 Å². The largest absolute Gasteiger partial charge is 0.463 e. The van der Waals surface area contributed by atoms with Crippen molar-refractivity contribution < 1.29 is 4.74 Å². The number of nitrogens with one attached hydrogen (secondary N) is 1. The van der Waals surface area contributed by atoms with Gasteiger partial charge in [-0.25, -0.2) is 0 Å². The van der Waals surface area contributed by atoms with Crippen LogP contribution >= 0.6 is 0 Å². The van der Waals surface area contributed by atoms with E-state index in [1.807, 2.05) is 6.20 Å². The molecule has 0 saturated carbocycles. The summed E-state index contributed by atoms with van der Waals surface area (Å²) in [5, 5.41) is 0. The molecule has 156 valence electrons. The van der Waals surface area contributed by atoms with Gasteiger partial charge in [0.15, 0.2) is 5.82 Å². The van der Waals surface area contributed by atoms with E-state index in [9.17, 15) is 0 Å². The molecular formula is C23H33N5O. The summed E-state index contributed by atoms with van der Waals surface area (Å²) in [5.41, 5.74) is 10.5. The van der Waals surface area contributed by atoms with E-state index in [1.54, 1.807) is 0 Å². The van der Waals surface area contributed by atoms with Gasteiger partial charge in [0.25, 0.3) is 0 Å². The Morgan fingerprint density at radius 3 is 2.86 bits per heavy atom. The molecule has 0 amide bonds. The number of H-pyrrole nitrogens is 1. The molecule has 1 atom stereocenters. The number of rotatable bonds is 8. The number of hydrogen-bond donors (Lipinski definition) is 2. The molecule has 1 aliphatic carbocycles. The van der Waals surface area contributed by atoms with E-state index in [2.05, 4.69) is 45.0 Å². The van der Waals surface area contributed by atoms with Gasteiger partial charge in [0.2, 0.25) is 0 Å². The molecule has 0 bridgehead atoms. The fourth-order valence-electron chi connectivity index (χ4n) is 4.22. The summed E-state index contributed by atoms with van der Waals surface area (Å²) in [4.78, 5) is 14.8. The highest BCUT2D eigenvalue weighted by Gasteiger charge is 2.17. The lowest BCUT2D eigenvalue weighted by Gasteiger charge is -2.28. The third kappa shape index (κ3) is 4.99. The molecule has 29 heavy (non-hydrogen) atoms. The number of nitrogen functional groups attached to an aromatic ring is 1. The highest BCUT2D eigenvalue weighted by Crippen LogP contribution is 2.28. The minimum atomic E-state index is 0.382. The Labute approximate surface area is 173 Å². The Kier molecular flexibility index (Phi) is 6.49. The van der Waals surface area contributed by atoms with Crippen LogP contribution in [0, 0.1) is 5.92 Å². The topological polar surface area (TPSA) is 80.1 Å². The molecule has 1 unspecified atom stereocenters. The first kappa shape index (κ1) is 20.0. The predicted molar refractivity (Wildman–Crippen MR) is 118 cm³/mol. The molecule has 3 N–H and O–H groups in total. The number of fused-ring (bicyclic) bond motifs is 1. The van der Waals surface area contributed by atoms with E-state index in [-0.39, 0.29) is 0 Å². The zero-order valence-electron chi connectivity index (χ0n) is 17.5. The highest BCUT2D eigenvalue weighted by atomic mass is 16.5. The lowest BCUT2D eigenvalue weighted by Crippen LogP contribution is -2.31. The molecule has 6 heteroatoms. The van der Waals surface area contributed by atoms with E-state index in [0.29, 0.717) is 24.4 Å². The SMILES string of the molecule is CCCCOc1nc(N)c2[nH]cc(CC3C=CC(CN4CCCCC4)=CC3)c2n1. The molecule has 2 aromatic heterocycles. The van der Waals surface area contributed by atoms with Crippen LogP contribution in [0.1, 0.15) is 51.0 Å². The summed E-state index contributed by atoms with van der Waals surface area (Å²) in [5.74, 6) is 0.940. The van der Waals surface area contributed by atoms with Crippen LogP contribution in [0.5, 0.6) is 6.01 Å². The highest BCUT2D eigenvalue weighted by molar-refractivity contribution is 5.87. The first-order valence-electron chi connectivity index (χ1n) is 11.1. The van der Waals surface area contributed by atoms with Crippen LogP contribution < -0.4 is 10.5 Å². The number of nitrogens with zero attached hydrogens (tertiary/aromatic N) is 3. The monoisotopic (exact) mass is 395 g/mol. The quantitative estimate of drug-likeness (QED) is 0.653. The number of aromatic nitrogens is 3. The average Bonchev–Trinajstić information content (AvgIpc) is 3.14. The third-order valence-corrected chi connectivity index (χ3v) is 5.94. The Hall–Kier alpha value is -2.34. The maximum Gasteiger partial charge on any atom is 0.319 e. The van der Waals surface area contributed by atoms with Gasteiger partial charge in [0, 0.05) is 12.7 Å². The van der Waals surface area contributed by atoms with Crippen molar-refractivity contribution in [3.05, 3.63) is 35.6 Å². The molecule has 6 nitrogen and oxygen atoms in total. The van der Waals surface area contributed by atoms with Gasteiger partial charge < -0.3 is 15.5 Å². The van der Waals surface area contributed by atoms with Gasteiger partial charge in [-0.1, -0.05) is 38.0 Å². The van der Waals surface area contributed by atoms with Gasteiger partial charge in [-0.05, 0) is 62.2 Å². The molecular weight excluding hydrogens is 362 g/mol. The second kappa shape index (κ2) is 9.44. The van der Waals surface area contributed by atoms with Crippen molar-refractivity contribution in [2.75, 3.05) is 32.0 Å². The Morgan fingerprint density at radius 1 is 1.24 bits per heavy atom. The number of ether oxygens (including phenoxy) is 1. The Bertz CT molecular complexity index is 879. The average molecular weight is 396 g/mol. The minimum absolute atomic E-state index is 0.382. The van der Waals surface area contributed by atoms with Crippen molar-refractivity contribution in [3.8, 4) is 6.01 Å². The van der Waals surface area contributed by atoms with E-state index in [4.69, 9.17) is 10.5 Å². The van der Waals surface area contributed by atoms with E-state index in [1.165, 1.54) is 43.5 Å². The van der Waals surface area contributed by atoms with Gasteiger partial charge >= 0.3 is 6.01 Å². The van der Waals surface area contributed by atoms with Gasteiger partial charge in [0.05, 0.1) is 6.61 Å². The first-order chi connectivity index (χ1) is 14.2. The van der Waals surface area contributed by atoms with Crippen LogP contribution in [0.4, 0.5) is 5.82 Å². The molecule has 2 aliphatic rings. The van der Waals surface area contributed by atoms with Crippen molar-refractivity contribution in [2.24, 2.45) is 5.92 Å². The summed E-state index contributed by atoms with van der Waals surface area (Å²) < 4.78 is 5.69. The van der Waals surface area contributed by atoms with Crippen molar-refractivity contribution in [3.63, 3.8) is 0 Å². The van der Waals surface area contributed by atoms with E-state index >= 15 is 0 Å². The third-order valence-electron chi connectivity index (χ3n) is 5.94. The molecule has 4 rings (SSSR count). The van der Waals surface area contributed by atoms with Crippen molar-refractivity contribution in [1.82, 2.24) is 19.9 Å². The molecule has 2 aromatic rings. The maximum atomic E-state index is 6.12. The van der Waals surface area contributed by atoms with Gasteiger partial charge in [-0.15, -0.1) is 0 Å². The predicted octanol–water partition coefficient (Wildman–Crippen LogP) is 4.25. The van der Waals surface area contributed by atoms with Crippen LogP contribution in [-0.2, 0) is 6.42 Å². The summed E-state index contributed by atoms with van der Waals surface area (Å²) in [6, 6.07) is 0.382.